The van der Waals surface area contributed by atoms with Crippen molar-refractivity contribution in [2.45, 2.75) is 38.8 Å². The molecule has 0 bridgehead atoms. The second-order valence-electron chi connectivity index (χ2n) is 10.1. The van der Waals surface area contributed by atoms with Crippen molar-refractivity contribution in [3.8, 4) is 5.75 Å². The van der Waals surface area contributed by atoms with Gasteiger partial charge in [-0.25, -0.2) is 0 Å². The van der Waals surface area contributed by atoms with E-state index < -0.39 is 6.04 Å². The first-order chi connectivity index (χ1) is 18.7. The molecule has 9 nitrogen and oxygen atoms in total. The fraction of sp³-hybridized carbons (Fsp3) is 0.310. The standard InChI is InChI=1S/C29H31N5O4S/c1-29-13-22(28(37)33-15-20-12-19(17-39-20)27(30)31)34(24(29)14-29)26(36)16-32-25(35)10-5-11-38-23-9-4-7-18-6-2-3-8-21(18)23/h2-4,6-9,12,14,17,22H,5,10-11,13,15-16H2,1H3,(H3,30,31)(H,32,35)(H,33,37)/t22-,29+/m0/s1. The number of ether oxygens (including phenoxy) is 1. The zero-order valence-corrected chi connectivity index (χ0v) is 22.5. The van der Waals surface area contributed by atoms with Crippen LogP contribution in [0.1, 0.15) is 36.6 Å². The van der Waals surface area contributed by atoms with Crippen molar-refractivity contribution < 1.29 is 19.1 Å². The van der Waals surface area contributed by atoms with Gasteiger partial charge in [0.05, 0.1) is 19.7 Å². The monoisotopic (exact) mass is 545 g/mol. The van der Waals surface area contributed by atoms with Gasteiger partial charge < -0.3 is 26.0 Å². The number of amides is 3. The van der Waals surface area contributed by atoms with Crippen LogP contribution in [-0.2, 0) is 20.9 Å². The van der Waals surface area contributed by atoms with Crippen LogP contribution in [0.3, 0.4) is 0 Å². The van der Waals surface area contributed by atoms with E-state index in [0.29, 0.717) is 31.6 Å². The summed E-state index contributed by atoms with van der Waals surface area (Å²) in [6.07, 6.45) is 3.24. The number of nitrogen functional groups attached to an aromatic ring is 1. The van der Waals surface area contributed by atoms with Gasteiger partial charge in [0, 0.05) is 38.7 Å². The second kappa shape index (κ2) is 10.9. The van der Waals surface area contributed by atoms with Crippen LogP contribution < -0.4 is 21.1 Å². The molecule has 2 atom stereocenters. The molecule has 0 spiro atoms. The van der Waals surface area contributed by atoms with E-state index in [1.165, 1.54) is 16.2 Å². The summed E-state index contributed by atoms with van der Waals surface area (Å²) in [6.45, 7) is 2.51. The van der Waals surface area contributed by atoms with E-state index in [9.17, 15) is 14.4 Å². The molecule has 0 unspecified atom stereocenters. The maximum absolute atomic E-state index is 13.1. The fourth-order valence-electron chi connectivity index (χ4n) is 4.94. The Labute approximate surface area is 230 Å². The number of nitrogens with zero attached hydrogens (tertiary/aromatic N) is 1. The molecule has 1 saturated heterocycles. The number of rotatable bonds is 11. The van der Waals surface area contributed by atoms with Crippen molar-refractivity contribution in [1.29, 1.82) is 5.41 Å². The van der Waals surface area contributed by atoms with Crippen LogP contribution in [0.4, 0.5) is 0 Å². The van der Waals surface area contributed by atoms with Crippen molar-refractivity contribution in [3.05, 3.63) is 76.1 Å². The highest BCUT2D eigenvalue weighted by Crippen LogP contribution is 2.56. The maximum Gasteiger partial charge on any atom is 0.246 e. The topological polar surface area (TPSA) is 138 Å². The number of allylic oxidation sites excluding steroid dienone is 2. The van der Waals surface area contributed by atoms with Gasteiger partial charge in [-0.05, 0) is 30.4 Å². The first-order valence-electron chi connectivity index (χ1n) is 12.9. The molecular weight excluding hydrogens is 514 g/mol. The van der Waals surface area contributed by atoms with E-state index in [1.807, 2.05) is 55.5 Å². The Morgan fingerprint density at radius 1 is 1.18 bits per heavy atom. The van der Waals surface area contributed by atoms with Crippen LogP contribution >= 0.6 is 11.3 Å². The van der Waals surface area contributed by atoms with Gasteiger partial charge in [-0.15, -0.1) is 11.3 Å². The first-order valence-corrected chi connectivity index (χ1v) is 13.8. The number of hydrogen-bond acceptors (Lipinski definition) is 6. The third-order valence-corrected chi connectivity index (χ3v) is 8.05. The Morgan fingerprint density at radius 2 is 1.97 bits per heavy atom. The Hall–Kier alpha value is -4.18. The van der Waals surface area contributed by atoms with Crippen LogP contribution in [0.2, 0.25) is 0 Å². The summed E-state index contributed by atoms with van der Waals surface area (Å²) in [5.74, 6) is -0.0289. The number of nitrogens with one attached hydrogen (secondary N) is 3. The summed E-state index contributed by atoms with van der Waals surface area (Å²) in [5, 5.41) is 17.0. The summed E-state index contributed by atoms with van der Waals surface area (Å²) in [6, 6.07) is 15.0. The molecule has 3 aromatic rings. The van der Waals surface area contributed by atoms with Crippen molar-refractivity contribution in [1.82, 2.24) is 15.5 Å². The van der Waals surface area contributed by atoms with E-state index in [0.717, 1.165) is 27.1 Å². The number of likely N-dealkylation sites (tertiary alicyclic amines) is 1. The molecule has 202 valence electrons. The predicted octanol–water partition coefficient (Wildman–Crippen LogP) is 3.28. The number of carbonyl (C=O) groups is 3. The van der Waals surface area contributed by atoms with Gasteiger partial charge in [0.1, 0.15) is 17.6 Å². The average Bonchev–Trinajstić information content (AvgIpc) is 3.25. The van der Waals surface area contributed by atoms with Crippen molar-refractivity contribution in [2.75, 3.05) is 13.2 Å². The maximum atomic E-state index is 13.1. The lowest BCUT2D eigenvalue weighted by Crippen LogP contribution is -2.48. The van der Waals surface area contributed by atoms with E-state index in [4.69, 9.17) is 15.9 Å². The number of benzene rings is 2. The highest BCUT2D eigenvalue weighted by atomic mass is 32.1. The largest absolute Gasteiger partial charge is 0.493 e. The fourth-order valence-corrected chi connectivity index (χ4v) is 5.77. The number of hydrogen-bond donors (Lipinski definition) is 4. The molecule has 1 aliphatic carbocycles. The lowest BCUT2D eigenvalue weighted by atomic mass is 10.00. The van der Waals surface area contributed by atoms with Crippen LogP contribution in [0, 0.1) is 10.8 Å². The quantitative estimate of drug-likeness (QED) is 0.166. The Morgan fingerprint density at radius 3 is 2.77 bits per heavy atom. The zero-order chi connectivity index (χ0) is 27.6. The number of amidine groups is 1. The Kier molecular flexibility index (Phi) is 7.38. The third kappa shape index (κ3) is 5.80. The molecule has 2 heterocycles. The molecule has 5 rings (SSSR count). The highest BCUT2D eigenvalue weighted by molar-refractivity contribution is 7.10. The molecular formula is C29H31N5O4S. The molecule has 0 saturated carbocycles. The van der Waals surface area contributed by atoms with Gasteiger partial charge in [-0.1, -0.05) is 49.4 Å². The summed E-state index contributed by atoms with van der Waals surface area (Å²) >= 11 is 1.41. The minimum atomic E-state index is -0.624. The molecule has 2 aromatic carbocycles. The number of fused-ring (bicyclic) bond motifs is 2. The van der Waals surface area contributed by atoms with Gasteiger partial charge >= 0.3 is 0 Å². The zero-order valence-electron chi connectivity index (χ0n) is 21.7. The molecule has 5 N–H and O–H groups in total. The molecule has 39 heavy (non-hydrogen) atoms. The van der Waals surface area contributed by atoms with Gasteiger partial charge in [-0.2, -0.15) is 0 Å². The van der Waals surface area contributed by atoms with E-state index in [2.05, 4.69) is 10.6 Å². The average molecular weight is 546 g/mol. The van der Waals surface area contributed by atoms with Crippen LogP contribution in [0.25, 0.3) is 10.8 Å². The Bertz CT molecular complexity index is 1480. The van der Waals surface area contributed by atoms with Crippen LogP contribution in [-0.4, -0.2) is 47.7 Å². The molecule has 1 aliphatic heterocycles. The number of carbonyl (C=O) groups excluding carboxylic acids is 3. The number of nitrogens with two attached hydrogens (primary N) is 1. The molecule has 0 radical (unpaired) electrons. The van der Waals surface area contributed by atoms with Crippen LogP contribution in [0.15, 0.2) is 65.7 Å². The van der Waals surface area contributed by atoms with Gasteiger partial charge in [0.15, 0.2) is 0 Å². The van der Waals surface area contributed by atoms with E-state index in [-0.39, 0.29) is 41.9 Å². The summed E-state index contributed by atoms with van der Waals surface area (Å²) < 4.78 is 5.89. The smallest absolute Gasteiger partial charge is 0.246 e. The summed E-state index contributed by atoms with van der Waals surface area (Å²) in [5.41, 5.74) is 6.71. The lowest BCUT2D eigenvalue weighted by molar-refractivity contribution is -0.137. The molecule has 10 heteroatoms. The first kappa shape index (κ1) is 26.4. The minimum absolute atomic E-state index is 0.0178. The van der Waals surface area contributed by atoms with Gasteiger partial charge in [0.25, 0.3) is 0 Å². The minimum Gasteiger partial charge on any atom is -0.493 e. The number of thiophene rings is 1. The van der Waals surface area contributed by atoms with Crippen molar-refractivity contribution >= 4 is 45.7 Å². The third-order valence-electron chi connectivity index (χ3n) is 7.11. The summed E-state index contributed by atoms with van der Waals surface area (Å²) in [4.78, 5) is 40.9. The predicted molar refractivity (Wildman–Crippen MR) is 150 cm³/mol. The van der Waals surface area contributed by atoms with Gasteiger partial charge in [-0.3, -0.25) is 19.8 Å². The Balaban J connectivity index is 1.08. The lowest BCUT2D eigenvalue weighted by Gasteiger charge is -2.24. The normalized spacial score (nSPS) is 19.3. The van der Waals surface area contributed by atoms with Gasteiger partial charge in [0.2, 0.25) is 17.7 Å². The molecule has 1 aromatic heterocycles. The van der Waals surface area contributed by atoms with E-state index >= 15 is 0 Å². The van der Waals surface area contributed by atoms with Crippen molar-refractivity contribution in [3.63, 3.8) is 0 Å². The molecule has 1 fully saturated rings. The second-order valence-corrected chi connectivity index (χ2v) is 11.1. The SMILES string of the molecule is C[C@@]12C=C1N(C(=O)CNC(=O)CCCOc1cccc3ccccc13)[C@H](C(=O)NCc1cc(C(=N)N)cs1)C2. The van der Waals surface area contributed by atoms with Crippen LogP contribution in [0.5, 0.6) is 5.75 Å². The highest BCUT2D eigenvalue weighted by Gasteiger charge is 2.56. The molecule has 2 aliphatic rings. The summed E-state index contributed by atoms with van der Waals surface area (Å²) in [7, 11) is 0. The van der Waals surface area contributed by atoms with Crippen molar-refractivity contribution in [2.24, 2.45) is 11.1 Å². The molecule has 3 amide bonds. The van der Waals surface area contributed by atoms with E-state index in [1.54, 1.807) is 11.4 Å².